The van der Waals surface area contributed by atoms with Crippen molar-refractivity contribution in [1.82, 2.24) is 24.8 Å². The number of nitrogens with one attached hydrogen (secondary N) is 1. The molecule has 1 amide bonds. The highest BCUT2D eigenvalue weighted by Crippen LogP contribution is 2.45. The van der Waals surface area contributed by atoms with Gasteiger partial charge in [0.15, 0.2) is 5.75 Å². The number of benzene rings is 2. The van der Waals surface area contributed by atoms with Crippen LogP contribution in [0, 0.1) is 6.92 Å². The zero-order valence-electron chi connectivity index (χ0n) is 27.1. The van der Waals surface area contributed by atoms with Crippen LogP contribution < -0.4 is 15.2 Å². The minimum atomic E-state index is -3.67. The monoisotopic (exact) mass is 633 g/mol. The number of methoxy groups -OCH3 is 1. The van der Waals surface area contributed by atoms with Gasteiger partial charge < -0.3 is 10.5 Å². The largest absolute Gasteiger partial charge is 0.494 e. The molecule has 0 radical (unpaired) electrons. The van der Waals surface area contributed by atoms with Gasteiger partial charge in [-0.15, -0.1) is 5.10 Å². The van der Waals surface area contributed by atoms with Gasteiger partial charge in [-0.1, -0.05) is 58.2 Å². The molecule has 240 valence electrons. The van der Waals surface area contributed by atoms with Gasteiger partial charge in [0, 0.05) is 27.9 Å². The normalized spacial score (nSPS) is 14.5. The summed E-state index contributed by atoms with van der Waals surface area (Å²) in [6.07, 6.45) is 11.5. The minimum absolute atomic E-state index is 0.238. The first-order chi connectivity index (χ1) is 21.2. The fraction of sp³-hybridized carbons (Fsp3) is 0.455. The molecule has 0 atom stereocenters. The Labute approximate surface area is 265 Å². The number of rotatable bonds is 9. The first kappa shape index (κ1) is 32.2. The van der Waals surface area contributed by atoms with Gasteiger partial charge in [-0.2, -0.15) is 5.10 Å². The van der Waals surface area contributed by atoms with Crippen molar-refractivity contribution in [3.05, 3.63) is 59.0 Å². The molecule has 1 fully saturated rings. The van der Waals surface area contributed by atoms with E-state index in [0.717, 1.165) is 47.9 Å². The number of aromatic nitrogens is 5. The summed E-state index contributed by atoms with van der Waals surface area (Å²) in [7, 11) is -2.20. The quantitative estimate of drug-likeness (QED) is 0.231. The Morgan fingerprint density at radius 3 is 2.44 bits per heavy atom. The van der Waals surface area contributed by atoms with Crippen molar-refractivity contribution < 1.29 is 17.9 Å². The predicted octanol–water partition coefficient (Wildman–Crippen LogP) is 5.95. The summed E-state index contributed by atoms with van der Waals surface area (Å²) in [5.74, 6) is -0.389. The van der Waals surface area contributed by atoms with Crippen LogP contribution in [-0.4, -0.2) is 52.5 Å². The fourth-order valence-electron chi connectivity index (χ4n) is 6.30. The third kappa shape index (κ3) is 6.47. The number of amides is 1. The molecular weight excluding hydrogens is 590 g/mol. The lowest BCUT2D eigenvalue weighted by molar-refractivity contribution is 0.100. The molecule has 2 aromatic heterocycles. The van der Waals surface area contributed by atoms with Crippen LogP contribution >= 0.6 is 0 Å². The van der Waals surface area contributed by atoms with Crippen molar-refractivity contribution in [2.75, 3.05) is 18.1 Å². The molecule has 0 spiro atoms. The fourth-order valence-corrected chi connectivity index (χ4v) is 6.85. The lowest BCUT2D eigenvalue weighted by Gasteiger charge is -2.25. The van der Waals surface area contributed by atoms with Crippen LogP contribution in [0.15, 0.2) is 36.7 Å². The maximum Gasteiger partial charge on any atom is 0.249 e. The number of carbonyl (C=O) groups is 1. The summed E-state index contributed by atoms with van der Waals surface area (Å²) in [5.41, 5.74) is 12.0. The van der Waals surface area contributed by atoms with Crippen LogP contribution in [0.4, 0.5) is 5.69 Å². The average molecular weight is 634 g/mol. The Balaban J connectivity index is 1.74. The molecule has 0 aliphatic heterocycles. The van der Waals surface area contributed by atoms with Crippen LogP contribution in [0.3, 0.4) is 0 Å². The third-order valence-electron chi connectivity index (χ3n) is 8.52. The molecule has 0 saturated heterocycles. The molecule has 2 aromatic carbocycles. The minimum Gasteiger partial charge on any atom is -0.494 e. The molecule has 2 heterocycles. The Hall–Kier alpha value is -4.19. The third-order valence-corrected chi connectivity index (χ3v) is 9.11. The smallest absolute Gasteiger partial charge is 0.249 e. The number of sulfonamides is 1. The van der Waals surface area contributed by atoms with Crippen molar-refractivity contribution in [2.45, 2.75) is 84.6 Å². The number of aryl methyl sites for hydroxylation is 1. The van der Waals surface area contributed by atoms with Crippen LogP contribution in [0.5, 0.6) is 5.75 Å². The zero-order chi connectivity index (χ0) is 32.7. The molecule has 3 N–H and O–H groups in total. The molecule has 0 bridgehead atoms. The predicted molar refractivity (Wildman–Crippen MR) is 176 cm³/mol. The maximum atomic E-state index is 13.0. The van der Waals surface area contributed by atoms with E-state index >= 15 is 0 Å². The van der Waals surface area contributed by atoms with E-state index in [0.29, 0.717) is 28.6 Å². The van der Waals surface area contributed by atoms with Crippen LogP contribution in [0.2, 0.25) is 0 Å². The van der Waals surface area contributed by atoms with Crippen molar-refractivity contribution in [3.63, 3.8) is 0 Å². The Morgan fingerprint density at radius 1 is 1.13 bits per heavy atom. The summed E-state index contributed by atoms with van der Waals surface area (Å²) in [4.78, 5) is 13.0. The van der Waals surface area contributed by atoms with E-state index in [2.05, 4.69) is 26.6 Å². The molecule has 12 heteroatoms. The van der Waals surface area contributed by atoms with Crippen molar-refractivity contribution in [1.29, 1.82) is 0 Å². The lowest BCUT2D eigenvalue weighted by Crippen LogP contribution is -2.18. The number of hydrogen-bond donors (Lipinski definition) is 2. The van der Waals surface area contributed by atoms with Crippen molar-refractivity contribution in [2.24, 2.45) is 5.73 Å². The second-order valence-corrected chi connectivity index (χ2v) is 14.6. The van der Waals surface area contributed by atoms with E-state index in [1.807, 2.05) is 52.2 Å². The highest BCUT2D eigenvalue weighted by Gasteiger charge is 2.28. The highest BCUT2D eigenvalue weighted by atomic mass is 32.2. The maximum absolute atomic E-state index is 13.0. The number of nitrogens with two attached hydrogens (primary N) is 1. The van der Waals surface area contributed by atoms with E-state index < -0.39 is 15.9 Å². The van der Waals surface area contributed by atoms with Crippen LogP contribution in [0.1, 0.15) is 93.0 Å². The zero-order valence-corrected chi connectivity index (χ0v) is 28.0. The standard InChI is InChI=1S/C33H43N7O4S/c1-8-28-25(18-35-40(28)22-12-10-9-11-13-22)27-19-39(38-36-27)30-20(2)14-15-23(32(34)41)29(30)24-16-21(33(3,4)5)17-26(31(24)44-6)37-45(7,42)43/h14-19,22,37H,8-13H2,1-7H3,(H2,34,41). The Bertz CT molecular complexity index is 1840. The first-order valence-corrected chi connectivity index (χ1v) is 17.3. The second kappa shape index (κ2) is 12.3. The number of primary amides is 1. The van der Waals surface area contributed by atoms with Gasteiger partial charge in [0.25, 0.3) is 0 Å². The number of nitrogens with zero attached hydrogens (tertiary/aromatic N) is 5. The van der Waals surface area contributed by atoms with Crippen LogP contribution in [0.25, 0.3) is 28.1 Å². The van der Waals surface area contributed by atoms with Gasteiger partial charge >= 0.3 is 0 Å². The molecular formula is C33H43N7O4S. The summed E-state index contributed by atoms with van der Waals surface area (Å²) in [5, 5.41) is 13.9. The van der Waals surface area contributed by atoms with Crippen molar-refractivity contribution >= 4 is 21.6 Å². The summed E-state index contributed by atoms with van der Waals surface area (Å²) in [6, 6.07) is 7.54. The molecule has 0 unspecified atom stereocenters. The number of carbonyl (C=O) groups excluding carboxylic acids is 1. The van der Waals surface area contributed by atoms with E-state index in [-0.39, 0.29) is 22.4 Å². The topological polar surface area (TPSA) is 147 Å². The molecule has 1 saturated carbocycles. The van der Waals surface area contributed by atoms with Gasteiger partial charge in [-0.05, 0) is 60.9 Å². The molecule has 1 aliphatic carbocycles. The molecule has 1 aliphatic rings. The number of ether oxygens (including phenoxy) is 1. The lowest BCUT2D eigenvalue weighted by atomic mass is 9.83. The molecule has 11 nitrogen and oxygen atoms in total. The van der Waals surface area contributed by atoms with Crippen molar-refractivity contribution in [3.8, 4) is 33.8 Å². The molecule has 45 heavy (non-hydrogen) atoms. The van der Waals surface area contributed by atoms with Gasteiger partial charge in [0.1, 0.15) is 5.69 Å². The first-order valence-electron chi connectivity index (χ1n) is 15.4. The van der Waals surface area contributed by atoms with Gasteiger partial charge in [-0.25, -0.2) is 13.1 Å². The summed E-state index contributed by atoms with van der Waals surface area (Å²) in [6.45, 7) is 10.1. The van der Waals surface area contributed by atoms with E-state index in [1.54, 1.807) is 16.8 Å². The number of hydrogen-bond acceptors (Lipinski definition) is 7. The number of anilines is 1. The van der Waals surface area contributed by atoms with Crippen LogP contribution in [-0.2, 0) is 21.9 Å². The molecule has 4 aromatic rings. The van der Waals surface area contributed by atoms with E-state index in [4.69, 9.17) is 15.6 Å². The van der Waals surface area contributed by atoms with Gasteiger partial charge in [-0.3, -0.25) is 14.2 Å². The average Bonchev–Trinajstić information content (AvgIpc) is 3.62. The van der Waals surface area contributed by atoms with E-state index in [9.17, 15) is 13.2 Å². The highest BCUT2D eigenvalue weighted by molar-refractivity contribution is 7.92. The molecule has 5 rings (SSSR count). The SMILES string of the molecule is CCc1c(-c2cn(-c3c(C)ccc(C(N)=O)c3-c3cc(C(C)(C)C)cc(NS(C)(=O)=O)c3OC)nn2)cnn1C1CCCCC1. The van der Waals surface area contributed by atoms with E-state index in [1.165, 1.54) is 26.4 Å². The second-order valence-electron chi connectivity index (χ2n) is 12.9. The summed E-state index contributed by atoms with van der Waals surface area (Å²) < 4.78 is 37.1. The van der Waals surface area contributed by atoms with Gasteiger partial charge in [0.2, 0.25) is 15.9 Å². The summed E-state index contributed by atoms with van der Waals surface area (Å²) >= 11 is 0. The Kier molecular flexibility index (Phi) is 8.81. The Morgan fingerprint density at radius 2 is 1.84 bits per heavy atom. The van der Waals surface area contributed by atoms with Gasteiger partial charge in [0.05, 0.1) is 43.2 Å².